The zero-order chi connectivity index (χ0) is 11.5. The van der Waals surface area contributed by atoms with E-state index in [2.05, 4.69) is 26.1 Å². The first-order valence-corrected chi connectivity index (χ1v) is 6.03. The van der Waals surface area contributed by atoms with Gasteiger partial charge in [-0.15, -0.1) is 0 Å². The third kappa shape index (κ3) is 2.36. The Balaban J connectivity index is 2.24. The molecule has 1 aromatic rings. The Hall–Kier alpha value is -1.07. The van der Waals surface area contributed by atoms with Crippen molar-refractivity contribution in [3.05, 3.63) is 28.2 Å². The third-order valence-electron chi connectivity index (χ3n) is 2.69. The Bertz CT molecular complexity index is 402. The van der Waals surface area contributed by atoms with Crippen molar-refractivity contribution < 1.29 is 4.79 Å². The van der Waals surface area contributed by atoms with Gasteiger partial charge in [-0.2, -0.15) is 0 Å². The first-order valence-electron chi connectivity index (χ1n) is 5.23. The monoisotopic (exact) mass is 283 g/mol. The molecule has 5 heteroatoms. The van der Waals surface area contributed by atoms with Gasteiger partial charge in [-0.05, 0) is 34.1 Å². The van der Waals surface area contributed by atoms with E-state index in [4.69, 9.17) is 5.73 Å². The van der Waals surface area contributed by atoms with Crippen molar-refractivity contribution in [2.45, 2.75) is 0 Å². The molecule has 3 N–H and O–H groups in total. The van der Waals surface area contributed by atoms with Crippen molar-refractivity contribution in [2.75, 3.05) is 31.1 Å². The number of hydrogen-bond donors (Lipinski definition) is 2. The van der Waals surface area contributed by atoms with Gasteiger partial charge < -0.3 is 16.0 Å². The molecule has 0 aromatic heterocycles. The number of primary amides is 1. The fourth-order valence-corrected chi connectivity index (χ4v) is 2.45. The Kier molecular flexibility index (Phi) is 3.46. The van der Waals surface area contributed by atoms with E-state index in [0.717, 1.165) is 36.3 Å². The summed E-state index contributed by atoms with van der Waals surface area (Å²) in [6, 6.07) is 5.49. The second kappa shape index (κ2) is 4.84. The summed E-state index contributed by atoms with van der Waals surface area (Å²) in [5, 5.41) is 3.30. The quantitative estimate of drug-likeness (QED) is 0.850. The van der Waals surface area contributed by atoms with Crippen LogP contribution in [0.2, 0.25) is 0 Å². The lowest BCUT2D eigenvalue weighted by molar-refractivity contribution is 0.100. The van der Waals surface area contributed by atoms with Crippen molar-refractivity contribution in [2.24, 2.45) is 5.73 Å². The van der Waals surface area contributed by atoms with Crippen LogP contribution in [0.3, 0.4) is 0 Å². The number of halogens is 1. The summed E-state index contributed by atoms with van der Waals surface area (Å²) in [5.74, 6) is -0.396. The first kappa shape index (κ1) is 11.4. The van der Waals surface area contributed by atoms with Crippen LogP contribution in [0.4, 0.5) is 5.69 Å². The van der Waals surface area contributed by atoms with Gasteiger partial charge in [0.1, 0.15) is 0 Å². The maximum absolute atomic E-state index is 11.0. The van der Waals surface area contributed by atoms with Crippen LogP contribution in [0.1, 0.15) is 10.4 Å². The van der Waals surface area contributed by atoms with E-state index in [1.807, 2.05) is 6.07 Å². The van der Waals surface area contributed by atoms with Crippen LogP contribution in [0.25, 0.3) is 0 Å². The lowest BCUT2D eigenvalue weighted by Crippen LogP contribution is -2.43. The number of carbonyl (C=O) groups is 1. The second-order valence-corrected chi connectivity index (χ2v) is 4.62. The summed E-state index contributed by atoms with van der Waals surface area (Å²) >= 11 is 3.48. The third-order valence-corrected chi connectivity index (χ3v) is 3.33. The number of piperazine rings is 1. The first-order chi connectivity index (χ1) is 7.68. The van der Waals surface area contributed by atoms with Crippen molar-refractivity contribution in [1.82, 2.24) is 5.32 Å². The zero-order valence-corrected chi connectivity index (χ0v) is 10.5. The van der Waals surface area contributed by atoms with E-state index < -0.39 is 5.91 Å². The number of nitrogens with two attached hydrogens (primary N) is 1. The molecular formula is C11H14BrN3O. The maximum Gasteiger partial charge on any atom is 0.248 e. The summed E-state index contributed by atoms with van der Waals surface area (Å²) in [4.78, 5) is 13.3. The molecule has 4 nitrogen and oxygen atoms in total. The molecule has 1 fully saturated rings. The highest BCUT2D eigenvalue weighted by molar-refractivity contribution is 9.10. The number of rotatable bonds is 2. The van der Waals surface area contributed by atoms with Gasteiger partial charge in [-0.1, -0.05) is 0 Å². The predicted molar refractivity (Wildman–Crippen MR) is 67.7 cm³/mol. The predicted octanol–water partition coefficient (Wildman–Crippen LogP) is 0.958. The van der Waals surface area contributed by atoms with E-state index in [1.54, 1.807) is 12.1 Å². The Labute approximate surface area is 103 Å². The van der Waals surface area contributed by atoms with E-state index in [0.29, 0.717) is 5.56 Å². The van der Waals surface area contributed by atoms with E-state index in [9.17, 15) is 4.79 Å². The number of nitrogens with zero attached hydrogens (tertiary/aromatic N) is 1. The largest absolute Gasteiger partial charge is 0.368 e. The Morgan fingerprint density at radius 2 is 2.06 bits per heavy atom. The lowest BCUT2D eigenvalue weighted by atomic mass is 10.2. The highest BCUT2D eigenvalue weighted by Gasteiger charge is 2.14. The van der Waals surface area contributed by atoms with Crippen molar-refractivity contribution in [3.8, 4) is 0 Å². The molecule has 0 spiro atoms. The van der Waals surface area contributed by atoms with Gasteiger partial charge in [0.15, 0.2) is 0 Å². The molecule has 86 valence electrons. The van der Waals surface area contributed by atoms with Crippen LogP contribution >= 0.6 is 15.9 Å². The van der Waals surface area contributed by atoms with Crippen molar-refractivity contribution >= 4 is 27.5 Å². The second-order valence-electron chi connectivity index (χ2n) is 3.77. The SMILES string of the molecule is NC(=O)c1ccc(N2CCNCC2)c(Br)c1. The zero-order valence-electron chi connectivity index (χ0n) is 8.87. The molecule has 0 saturated carbocycles. The molecule has 1 saturated heterocycles. The summed E-state index contributed by atoms with van der Waals surface area (Å²) in [7, 11) is 0. The number of nitrogens with one attached hydrogen (secondary N) is 1. The maximum atomic E-state index is 11.0. The molecule has 0 radical (unpaired) electrons. The molecular weight excluding hydrogens is 270 g/mol. The van der Waals surface area contributed by atoms with Crippen LogP contribution in [-0.4, -0.2) is 32.1 Å². The summed E-state index contributed by atoms with van der Waals surface area (Å²) in [6.45, 7) is 3.94. The van der Waals surface area contributed by atoms with Crippen LogP contribution in [-0.2, 0) is 0 Å². The van der Waals surface area contributed by atoms with Gasteiger partial charge in [0.2, 0.25) is 5.91 Å². The topological polar surface area (TPSA) is 58.4 Å². The van der Waals surface area contributed by atoms with Gasteiger partial charge in [0.25, 0.3) is 0 Å². The van der Waals surface area contributed by atoms with Crippen molar-refractivity contribution in [3.63, 3.8) is 0 Å². The van der Waals surface area contributed by atoms with E-state index >= 15 is 0 Å². The fourth-order valence-electron chi connectivity index (χ4n) is 1.82. The molecule has 1 aliphatic rings. The van der Waals surface area contributed by atoms with Gasteiger partial charge in [-0.3, -0.25) is 4.79 Å². The van der Waals surface area contributed by atoms with Gasteiger partial charge in [0, 0.05) is 36.2 Å². The number of hydrogen-bond acceptors (Lipinski definition) is 3. The molecule has 1 aliphatic heterocycles. The summed E-state index contributed by atoms with van der Waals surface area (Å²) < 4.78 is 0.922. The highest BCUT2D eigenvalue weighted by atomic mass is 79.9. The molecule has 0 atom stereocenters. The summed E-state index contributed by atoms with van der Waals surface area (Å²) in [6.07, 6.45) is 0. The number of amides is 1. The minimum atomic E-state index is -0.396. The Morgan fingerprint density at radius 1 is 1.38 bits per heavy atom. The molecule has 1 heterocycles. The van der Waals surface area contributed by atoms with E-state index in [1.165, 1.54) is 0 Å². The van der Waals surface area contributed by atoms with Crippen LogP contribution < -0.4 is 16.0 Å². The van der Waals surface area contributed by atoms with Crippen LogP contribution in [0.5, 0.6) is 0 Å². The highest BCUT2D eigenvalue weighted by Crippen LogP contribution is 2.27. The van der Waals surface area contributed by atoms with Crippen LogP contribution in [0, 0.1) is 0 Å². The standard InChI is InChI=1S/C11H14BrN3O/c12-9-7-8(11(13)16)1-2-10(9)15-5-3-14-4-6-15/h1-2,7,14H,3-6H2,(H2,13,16). The fraction of sp³-hybridized carbons (Fsp3) is 0.364. The molecule has 1 aromatic carbocycles. The van der Waals surface area contributed by atoms with Gasteiger partial charge in [-0.25, -0.2) is 0 Å². The minimum Gasteiger partial charge on any atom is -0.368 e. The number of carbonyl (C=O) groups excluding carboxylic acids is 1. The minimum absolute atomic E-state index is 0.396. The number of anilines is 1. The van der Waals surface area contributed by atoms with Gasteiger partial charge in [0.05, 0.1) is 5.69 Å². The van der Waals surface area contributed by atoms with Crippen LogP contribution in [0.15, 0.2) is 22.7 Å². The van der Waals surface area contributed by atoms with Gasteiger partial charge >= 0.3 is 0 Å². The molecule has 1 amide bonds. The molecule has 0 bridgehead atoms. The smallest absolute Gasteiger partial charge is 0.248 e. The average molecular weight is 284 g/mol. The van der Waals surface area contributed by atoms with E-state index in [-0.39, 0.29) is 0 Å². The normalized spacial score (nSPS) is 16.2. The van der Waals surface area contributed by atoms with Crippen molar-refractivity contribution in [1.29, 1.82) is 0 Å². The molecule has 0 aliphatic carbocycles. The summed E-state index contributed by atoms with van der Waals surface area (Å²) in [5.41, 5.74) is 6.88. The number of benzene rings is 1. The molecule has 0 unspecified atom stereocenters. The average Bonchev–Trinajstić information content (AvgIpc) is 2.30. The molecule has 2 rings (SSSR count). The Morgan fingerprint density at radius 3 is 2.62 bits per heavy atom. The molecule has 16 heavy (non-hydrogen) atoms. The lowest BCUT2D eigenvalue weighted by Gasteiger charge is -2.30.